The molecule has 0 radical (unpaired) electrons. The molecule has 4 heteroatoms. The zero-order chi connectivity index (χ0) is 14.7. The molecule has 2 N–H and O–H groups in total. The Labute approximate surface area is 130 Å². The zero-order valence-corrected chi connectivity index (χ0v) is 13.7. The van der Waals surface area contributed by atoms with Crippen molar-refractivity contribution in [1.82, 2.24) is 4.90 Å². The van der Waals surface area contributed by atoms with Gasteiger partial charge in [-0.2, -0.15) is 0 Å². The van der Waals surface area contributed by atoms with E-state index in [-0.39, 0.29) is 12.1 Å². The predicted octanol–water partition coefficient (Wildman–Crippen LogP) is 4.23. The molecule has 108 valence electrons. The third-order valence-electron chi connectivity index (χ3n) is 3.37. The molecule has 2 nitrogen and oxygen atoms in total. The first-order valence-electron chi connectivity index (χ1n) is 6.74. The van der Waals surface area contributed by atoms with Crippen molar-refractivity contribution < 1.29 is 0 Å². The van der Waals surface area contributed by atoms with Crippen LogP contribution in [0.15, 0.2) is 36.4 Å². The van der Waals surface area contributed by atoms with Crippen LogP contribution >= 0.6 is 22.9 Å². The van der Waals surface area contributed by atoms with E-state index in [4.69, 9.17) is 17.3 Å². The second kappa shape index (κ2) is 6.72. The number of nitrogens with two attached hydrogens (primary N) is 1. The van der Waals surface area contributed by atoms with Crippen molar-refractivity contribution >= 4 is 22.9 Å². The zero-order valence-electron chi connectivity index (χ0n) is 12.1. The Morgan fingerprint density at radius 2 is 2.05 bits per heavy atom. The van der Waals surface area contributed by atoms with Crippen molar-refractivity contribution in [1.29, 1.82) is 0 Å². The lowest BCUT2D eigenvalue weighted by atomic mass is 10.1. The van der Waals surface area contributed by atoms with Gasteiger partial charge in [0.25, 0.3) is 0 Å². The van der Waals surface area contributed by atoms with Crippen molar-refractivity contribution in [2.24, 2.45) is 5.73 Å². The van der Waals surface area contributed by atoms with Crippen LogP contribution in [-0.4, -0.2) is 18.0 Å². The molecule has 0 aliphatic carbocycles. The third-order valence-corrected chi connectivity index (χ3v) is 4.67. The molecule has 2 rings (SSSR count). The molecule has 0 saturated carbocycles. The summed E-state index contributed by atoms with van der Waals surface area (Å²) in [5, 5.41) is 0. The van der Waals surface area contributed by atoms with Crippen molar-refractivity contribution in [2.75, 3.05) is 7.05 Å². The molecule has 2 unspecified atom stereocenters. The molecule has 1 aromatic heterocycles. The molecule has 0 fully saturated rings. The molecule has 0 bridgehead atoms. The first-order valence-corrected chi connectivity index (χ1v) is 7.93. The van der Waals surface area contributed by atoms with Crippen molar-refractivity contribution in [3.63, 3.8) is 0 Å². The Bertz CT molecular complexity index is 565. The molecule has 2 aromatic rings. The number of aryl methyl sites for hydroxylation is 1. The maximum atomic E-state index is 6.18. The second-order valence-electron chi connectivity index (χ2n) is 5.35. The minimum absolute atomic E-state index is 0.0551. The minimum Gasteiger partial charge on any atom is -0.326 e. The quantitative estimate of drug-likeness (QED) is 0.895. The molecule has 0 amide bonds. The Kier molecular flexibility index (Phi) is 5.22. The first-order chi connectivity index (χ1) is 9.47. The molecular formula is C16H21ClN2S. The molecule has 1 aromatic carbocycles. The van der Waals surface area contributed by atoms with Crippen LogP contribution in [0.5, 0.6) is 0 Å². The summed E-state index contributed by atoms with van der Waals surface area (Å²) in [6, 6.07) is 12.9. The SMILES string of the molecule is Cc1cccc(CN(C)C(c2ccc(Cl)s2)C(C)N)c1. The second-order valence-corrected chi connectivity index (χ2v) is 7.10. The van der Waals surface area contributed by atoms with Gasteiger partial charge in [-0.15, -0.1) is 11.3 Å². The van der Waals surface area contributed by atoms with E-state index in [1.54, 1.807) is 11.3 Å². The van der Waals surface area contributed by atoms with Crippen molar-refractivity contribution in [2.45, 2.75) is 32.5 Å². The molecule has 0 aliphatic heterocycles. The maximum Gasteiger partial charge on any atom is 0.0931 e. The highest BCUT2D eigenvalue weighted by molar-refractivity contribution is 7.16. The van der Waals surface area contributed by atoms with Gasteiger partial charge in [-0.3, -0.25) is 4.90 Å². The smallest absolute Gasteiger partial charge is 0.0931 e. The molecule has 2 atom stereocenters. The fourth-order valence-electron chi connectivity index (χ4n) is 2.56. The van der Waals surface area contributed by atoms with Gasteiger partial charge in [-0.25, -0.2) is 0 Å². The lowest BCUT2D eigenvalue weighted by Gasteiger charge is -2.30. The topological polar surface area (TPSA) is 29.3 Å². The number of halogens is 1. The van der Waals surface area contributed by atoms with Gasteiger partial charge in [0, 0.05) is 17.5 Å². The Balaban J connectivity index is 2.17. The minimum atomic E-state index is 0.0551. The van der Waals surface area contributed by atoms with Crippen LogP contribution in [0, 0.1) is 6.92 Å². The number of hydrogen-bond acceptors (Lipinski definition) is 3. The Morgan fingerprint density at radius 3 is 2.60 bits per heavy atom. The number of likely N-dealkylation sites (N-methyl/N-ethyl adjacent to an activating group) is 1. The lowest BCUT2D eigenvalue weighted by Crippen LogP contribution is -2.36. The first kappa shape index (κ1) is 15.5. The van der Waals surface area contributed by atoms with Gasteiger partial charge in [0.05, 0.1) is 10.4 Å². The number of hydrogen-bond donors (Lipinski definition) is 1. The van der Waals surface area contributed by atoms with E-state index in [0.717, 1.165) is 10.9 Å². The van der Waals surface area contributed by atoms with Crippen molar-refractivity contribution in [3.05, 3.63) is 56.7 Å². The molecule has 0 aliphatic rings. The molecule has 0 saturated heterocycles. The highest BCUT2D eigenvalue weighted by atomic mass is 35.5. The van der Waals surface area contributed by atoms with E-state index in [2.05, 4.69) is 49.2 Å². The van der Waals surface area contributed by atoms with Crippen LogP contribution in [-0.2, 0) is 6.54 Å². The molecule has 0 spiro atoms. The summed E-state index contributed by atoms with van der Waals surface area (Å²) >= 11 is 7.66. The Morgan fingerprint density at radius 1 is 1.30 bits per heavy atom. The van der Waals surface area contributed by atoms with Crippen LogP contribution in [0.25, 0.3) is 0 Å². The number of thiophene rings is 1. The summed E-state index contributed by atoms with van der Waals surface area (Å²) in [5.41, 5.74) is 8.78. The van der Waals surface area contributed by atoms with Crippen LogP contribution in [0.4, 0.5) is 0 Å². The average molecular weight is 309 g/mol. The van der Waals surface area contributed by atoms with Crippen LogP contribution in [0.3, 0.4) is 0 Å². The monoisotopic (exact) mass is 308 g/mol. The van der Waals surface area contributed by atoms with Gasteiger partial charge in [0.2, 0.25) is 0 Å². The molecular weight excluding hydrogens is 288 g/mol. The highest BCUT2D eigenvalue weighted by Crippen LogP contribution is 2.32. The van der Waals surface area contributed by atoms with E-state index >= 15 is 0 Å². The van der Waals surface area contributed by atoms with Crippen LogP contribution < -0.4 is 5.73 Å². The van der Waals surface area contributed by atoms with Crippen LogP contribution in [0.1, 0.15) is 29.0 Å². The fourth-order valence-corrected chi connectivity index (χ4v) is 3.90. The van der Waals surface area contributed by atoms with E-state index < -0.39 is 0 Å². The van der Waals surface area contributed by atoms with E-state index in [0.29, 0.717) is 0 Å². The van der Waals surface area contributed by atoms with Gasteiger partial charge in [-0.1, -0.05) is 41.4 Å². The van der Waals surface area contributed by atoms with Gasteiger partial charge in [0.15, 0.2) is 0 Å². The van der Waals surface area contributed by atoms with Crippen molar-refractivity contribution in [3.8, 4) is 0 Å². The Hall–Kier alpha value is -0.870. The number of benzene rings is 1. The summed E-state index contributed by atoms with van der Waals surface area (Å²) in [5.74, 6) is 0. The third kappa shape index (κ3) is 3.83. The molecule has 20 heavy (non-hydrogen) atoms. The van der Waals surface area contributed by atoms with Gasteiger partial charge in [-0.05, 0) is 38.6 Å². The number of rotatable bonds is 5. The van der Waals surface area contributed by atoms with Gasteiger partial charge in [0.1, 0.15) is 0 Å². The largest absolute Gasteiger partial charge is 0.326 e. The van der Waals surface area contributed by atoms with E-state index in [1.807, 2.05) is 13.0 Å². The van der Waals surface area contributed by atoms with Crippen LogP contribution in [0.2, 0.25) is 4.34 Å². The summed E-state index contributed by atoms with van der Waals surface area (Å²) in [6.45, 7) is 5.04. The van der Waals surface area contributed by atoms with Gasteiger partial charge < -0.3 is 5.73 Å². The average Bonchev–Trinajstić information content (AvgIpc) is 2.75. The standard InChI is InChI=1S/C16H21ClN2S/c1-11-5-4-6-13(9-11)10-19(3)16(12(2)18)14-7-8-15(17)20-14/h4-9,12,16H,10,18H2,1-3H3. The van der Waals surface area contributed by atoms with E-state index in [9.17, 15) is 0 Å². The fraction of sp³-hybridized carbons (Fsp3) is 0.375. The summed E-state index contributed by atoms with van der Waals surface area (Å²) in [7, 11) is 2.12. The van der Waals surface area contributed by atoms with E-state index in [1.165, 1.54) is 16.0 Å². The highest BCUT2D eigenvalue weighted by Gasteiger charge is 2.22. The lowest BCUT2D eigenvalue weighted by molar-refractivity contribution is 0.214. The summed E-state index contributed by atoms with van der Waals surface area (Å²) in [6.07, 6.45) is 0. The summed E-state index contributed by atoms with van der Waals surface area (Å²) in [4.78, 5) is 3.52. The van der Waals surface area contributed by atoms with Gasteiger partial charge >= 0.3 is 0 Å². The summed E-state index contributed by atoms with van der Waals surface area (Å²) < 4.78 is 0.814. The predicted molar refractivity (Wildman–Crippen MR) is 88.4 cm³/mol. The maximum absolute atomic E-state index is 6.18. The normalized spacial score (nSPS) is 14.5. The number of nitrogens with zero attached hydrogens (tertiary/aromatic N) is 1. The molecule has 1 heterocycles.